The highest BCUT2D eigenvalue weighted by atomic mass is 16.2. The molecule has 0 N–H and O–H groups in total. The van der Waals surface area contributed by atoms with E-state index in [1.165, 1.54) is 0 Å². The number of tetrazole rings is 1. The van der Waals surface area contributed by atoms with Crippen molar-refractivity contribution in [2.24, 2.45) is 17.8 Å². The minimum absolute atomic E-state index is 0.122. The van der Waals surface area contributed by atoms with Gasteiger partial charge in [-0.05, 0) is 47.4 Å². The average molecular weight is 360 g/mol. The Morgan fingerprint density at radius 1 is 1.35 bits per heavy atom. The first kappa shape index (κ1) is 17.4. The fourth-order valence-electron chi connectivity index (χ4n) is 5.11. The van der Waals surface area contributed by atoms with Gasteiger partial charge in [0.25, 0.3) is 0 Å². The predicted molar refractivity (Wildman–Crippen MR) is 93.8 cm³/mol. The Morgan fingerprint density at radius 3 is 2.92 bits per heavy atom. The summed E-state index contributed by atoms with van der Waals surface area (Å²) < 4.78 is 1.61. The highest BCUT2D eigenvalue weighted by molar-refractivity contribution is 5.81. The molecule has 0 aromatic carbocycles. The Labute approximate surface area is 153 Å². The van der Waals surface area contributed by atoms with Crippen molar-refractivity contribution in [3.63, 3.8) is 0 Å². The third kappa shape index (κ3) is 2.99. The smallest absolute Gasteiger partial charge is 0.247 e. The Bertz CT molecular complexity index is 663. The van der Waals surface area contributed by atoms with Gasteiger partial charge in [0.15, 0.2) is 0 Å². The second-order valence-electron chi connectivity index (χ2n) is 8.23. The third-order valence-electron chi connectivity index (χ3n) is 6.58. The fraction of sp³-hybridized carbons (Fsp3) is 0.833. The third-order valence-corrected chi connectivity index (χ3v) is 6.58. The lowest BCUT2D eigenvalue weighted by molar-refractivity contribution is -0.150. The van der Waals surface area contributed by atoms with E-state index in [1.807, 2.05) is 4.90 Å². The van der Waals surface area contributed by atoms with Gasteiger partial charge in [-0.2, -0.15) is 0 Å². The summed E-state index contributed by atoms with van der Waals surface area (Å²) in [5, 5.41) is 11.5. The first-order chi connectivity index (χ1) is 12.6. The first-order valence-electron chi connectivity index (χ1n) is 9.89. The standard InChI is InChI=1S/C18H28N6O2/c1-3-12(2)17(24-11-19-20-21-24)18(26)22-8-13-7-14(10-22)15-5-4-6-16(25)23(15)9-13/h11-15,17H,3-10H2,1-2H3/t12-,13+,14-,15-,17-/m0/s1. The van der Waals surface area contributed by atoms with Crippen LogP contribution in [-0.4, -0.2) is 67.5 Å². The lowest BCUT2D eigenvalue weighted by Crippen LogP contribution is -2.61. The molecule has 8 nitrogen and oxygen atoms in total. The fourth-order valence-corrected chi connectivity index (χ4v) is 5.11. The van der Waals surface area contributed by atoms with E-state index in [-0.39, 0.29) is 17.9 Å². The van der Waals surface area contributed by atoms with Crippen LogP contribution in [0, 0.1) is 17.8 Å². The lowest BCUT2D eigenvalue weighted by Gasteiger charge is -2.52. The summed E-state index contributed by atoms with van der Waals surface area (Å²) in [6, 6.07) is -0.0314. The zero-order valence-electron chi connectivity index (χ0n) is 15.6. The highest BCUT2D eigenvalue weighted by Crippen LogP contribution is 2.38. The number of hydrogen-bond donors (Lipinski definition) is 0. The molecule has 3 aliphatic heterocycles. The first-order valence-corrected chi connectivity index (χ1v) is 9.89. The van der Waals surface area contributed by atoms with Gasteiger partial charge in [-0.25, -0.2) is 4.68 Å². The molecule has 4 rings (SSSR count). The molecular formula is C18H28N6O2. The van der Waals surface area contributed by atoms with Crippen LogP contribution in [-0.2, 0) is 9.59 Å². The molecule has 3 saturated heterocycles. The number of amides is 2. The number of piperidine rings is 3. The van der Waals surface area contributed by atoms with Crippen LogP contribution in [0.25, 0.3) is 0 Å². The molecule has 0 saturated carbocycles. The predicted octanol–water partition coefficient (Wildman–Crippen LogP) is 1.12. The molecule has 0 unspecified atom stereocenters. The largest absolute Gasteiger partial charge is 0.340 e. The number of rotatable bonds is 4. The van der Waals surface area contributed by atoms with E-state index < -0.39 is 0 Å². The molecule has 2 bridgehead atoms. The van der Waals surface area contributed by atoms with Crippen molar-refractivity contribution in [2.45, 2.75) is 58.0 Å². The highest BCUT2D eigenvalue weighted by Gasteiger charge is 2.46. The van der Waals surface area contributed by atoms with E-state index in [2.05, 4.69) is 34.3 Å². The summed E-state index contributed by atoms with van der Waals surface area (Å²) in [5.41, 5.74) is 0. The summed E-state index contributed by atoms with van der Waals surface area (Å²) in [4.78, 5) is 29.8. The average Bonchev–Trinajstić information content (AvgIpc) is 3.16. The molecule has 5 atom stereocenters. The second-order valence-corrected chi connectivity index (χ2v) is 8.23. The molecule has 142 valence electrons. The zero-order valence-corrected chi connectivity index (χ0v) is 15.6. The van der Waals surface area contributed by atoms with Gasteiger partial charge in [0.1, 0.15) is 12.4 Å². The normalized spacial score (nSPS) is 30.7. The number of aromatic nitrogens is 4. The van der Waals surface area contributed by atoms with Crippen LogP contribution in [0.3, 0.4) is 0 Å². The summed E-state index contributed by atoms with van der Waals surface area (Å²) in [6.45, 7) is 6.46. The Kier molecular flexibility index (Phi) is 4.67. The van der Waals surface area contributed by atoms with Crippen LogP contribution in [0.2, 0.25) is 0 Å². The van der Waals surface area contributed by atoms with E-state index in [0.717, 1.165) is 45.3 Å². The van der Waals surface area contributed by atoms with E-state index in [9.17, 15) is 9.59 Å². The van der Waals surface area contributed by atoms with Crippen LogP contribution >= 0.6 is 0 Å². The van der Waals surface area contributed by atoms with Crippen LogP contribution in [0.4, 0.5) is 0 Å². The molecule has 1 aromatic rings. The van der Waals surface area contributed by atoms with Gasteiger partial charge in [0.05, 0.1) is 0 Å². The van der Waals surface area contributed by atoms with E-state index >= 15 is 0 Å². The van der Waals surface area contributed by atoms with Crippen LogP contribution in [0.1, 0.15) is 52.0 Å². The van der Waals surface area contributed by atoms with Crippen LogP contribution in [0.15, 0.2) is 6.33 Å². The Hall–Kier alpha value is -1.99. The minimum atomic E-state index is -0.349. The molecule has 0 spiro atoms. The van der Waals surface area contributed by atoms with Crippen molar-refractivity contribution in [2.75, 3.05) is 19.6 Å². The molecule has 26 heavy (non-hydrogen) atoms. The molecule has 2 amide bonds. The van der Waals surface area contributed by atoms with Gasteiger partial charge >= 0.3 is 0 Å². The van der Waals surface area contributed by atoms with Gasteiger partial charge in [-0.1, -0.05) is 20.3 Å². The van der Waals surface area contributed by atoms with E-state index in [4.69, 9.17) is 0 Å². The second kappa shape index (κ2) is 6.96. The van der Waals surface area contributed by atoms with Crippen molar-refractivity contribution in [1.29, 1.82) is 0 Å². The van der Waals surface area contributed by atoms with Crippen molar-refractivity contribution < 1.29 is 9.59 Å². The topological polar surface area (TPSA) is 84.2 Å². The van der Waals surface area contributed by atoms with Gasteiger partial charge in [0.2, 0.25) is 11.8 Å². The zero-order chi connectivity index (χ0) is 18.3. The molecular weight excluding hydrogens is 332 g/mol. The summed E-state index contributed by atoms with van der Waals surface area (Å²) in [5.74, 6) is 1.39. The van der Waals surface area contributed by atoms with Gasteiger partial charge in [0, 0.05) is 32.1 Å². The number of nitrogens with zero attached hydrogens (tertiary/aromatic N) is 6. The number of likely N-dealkylation sites (tertiary alicyclic amines) is 1. The molecule has 8 heteroatoms. The number of carbonyl (C=O) groups is 2. The van der Waals surface area contributed by atoms with Crippen LogP contribution in [0.5, 0.6) is 0 Å². The molecule has 0 radical (unpaired) electrons. The molecule has 0 aliphatic carbocycles. The molecule has 1 aromatic heterocycles. The number of carbonyl (C=O) groups excluding carboxylic acids is 2. The summed E-state index contributed by atoms with van der Waals surface area (Å²) in [7, 11) is 0. The van der Waals surface area contributed by atoms with Crippen molar-refractivity contribution in [3.8, 4) is 0 Å². The summed E-state index contributed by atoms with van der Waals surface area (Å²) in [6.07, 6.45) is 6.32. The molecule has 3 aliphatic rings. The molecule has 4 heterocycles. The maximum Gasteiger partial charge on any atom is 0.247 e. The Morgan fingerprint density at radius 2 is 2.19 bits per heavy atom. The van der Waals surface area contributed by atoms with Crippen molar-refractivity contribution in [3.05, 3.63) is 6.33 Å². The lowest BCUT2D eigenvalue weighted by atomic mass is 9.75. The minimum Gasteiger partial charge on any atom is -0.340 e. The number of fused-ring (bicyclic) bond motifs is 4. The van der Waals surface area contributed by atoms with Gasteiger partial charge in [-0.15, -0.1) is 5.10 Å². The van der Waals surface area contributed by atoms with Crippen LogP contribution < -0.4 is 0 Å². The van der Waals surface area contributed by atoms with Gasteiger partial charge in [-0.3, -0.25) is 9.59 Å². The van der Waals surface area contributed by atoms with E-state index in [1.54, 1.807) is 11.0 Å². The quantitative estimate of drug-likeness (QED) is 0.803. The monoisotopic (exact) mass is 360 g/mol. The maximum atomic E-state index is 13.4. The van der Waals surface area contributed by atoms with Crippen molar-refractivity contribution in [1.82, 2.24) is 30.0 Å². The summed E-state index contributed by atoms with van der Waals surface area (Å²) >= 11 is 0. The van der Waals surface area contributed by atoms with E-state index in [0.29, 0.717) is 30.2 Å². The maximum absolute atomic E-state index is 13.4. The molecule has 3 fully saturated rings. The SMILES string of the molecule is CC[C@H](C)[C@@H](C(=O)N1C[C@H]2C[C@@H](C1)[C@@H]1CCCC(=O)N1C2)n1cnnn1. The Balaban J connectivity index is 1.53. The number of hydrogen-bond acceptors (Lipinski definition) is 5. The van der Waals surface area contributed by atoms with Crippen molar-refractivity contribution >= 4 is 11.8 Å². The van der Waals surface area contributed by atoms with Gasteiger partial charge < -0.3 is 9.80 Å².